The standard InChI is InChI=1S/C9H18N2O3/c1-5-11(9(13)14-6-2)7-8(12)10(3)4/h5-7H2,1-4H3. The predicted molar refractivity (Wildman–Crippen MR) is 53.0 cm³/mol. The van der Waals surface area contributed by atoms with E-state index < -0.39 is 6.09 Å². The Labute approximate surface area is 84.6 Å². The molecule has 0 aliphatic heterocycles. The molecule has 0 fully saturated rings. The highest BCUT2D eigenvalue weighted by molar-refractivity contribution is 5.81. The average Bonchev–Trinajstić information content (AvgIpc) is 2.13. The summed E-state index contributed by atoms with van der Waals surface area (Å²) >= 11 is 0. The quantitative estimate of drug-likeness (QED) is 0.669. The molecule has 0 rings (SSSR count). The van der Waals surface area contributed by atoms with Gasteiger partial charge >= 0.3 is 6.09 Å². The van der Waals surface area contributed by atoms with Crippen molar-refractivity contribution < 1.29 is 14.3 Å². The van der Waals surface area contributed by atoms with Crippen molar-refractivity contribution in [3.05, 3.63) is 0 Å². The molecule has 0 N–H and O–H groups in total. The Kier molecular flexibility index (Phi) is 5.67. The largest absolute Gasteiger partial charge is 0.450 e. The van der Waals surface area contributed by atoms with Crippen molar-refractivity contribution in [3.8, 4) is 0 Å². The van der Waals surface area contributed by atoms with Crippen LogP contribution in [0.2, 0.25) is 0 Å². The van der Waals surface area contributed by atoms with Crippen LogP contribution in [0, 0.1) is 0 Å². The highest BCUT2D eigenvalue weighted by Crippen LogP contribution is 1.95. The zero-order valence-electron chi connectivity index (χ0n) is 9.24. The van der Waals surface area contributed by atoms with Gasteiger partial charge in [-0.15, -0.1) is 0 Å². The van der Waals surface area contributed by atoms with Crippen LogP contribution in [0.4, 0.5) is 4.79 Å². The molecule has 0 spiro atoms. The molecule has 0 unspecified atom stereocenters. The molecule has 0 saturated carbocycles. The second-order valence-corrected chi connectivity index (χ2v) is 3.00. The maximum Gasteiger partial charge on any atom is 0.410 e. The highest BCUT2D eigenvalue weighted by Gasteiger charge is 2.16. The molecule has 0 saturated heterocycles. The van der Waals surface area contributed by atoms with E-state index in [0.717, 1.165) is 0 Å². The van der Waals surface area contributed by atoms with Gasteiger partial charge in [-0.3, -0.25) is 9.69 Å². The van der Waals surface area contributed by atoms with E-state index in [-0.39, 0.29) is 12.5 Å². The molecule has 0 aliphatic rings. The number of likely N-dealkylation sites (N-methyl/N-ethyl adjacent to an activating group) is 2. The van der Waals surface area contributed by atoms with E-state index in [1.54, 1.807) is 27.9 Å². The van der Waals surface area contributed by atoms with Crippen LogP contribution in [-0.4, -0.2) is 55.6 Å². The molecule has 0 heterocycles. The summed E-state index contributed by atoms with van der Waals surface area (Å²) in [5.41, 5.74) is 0. The summed E-state index contributed by atoms with van der Waals surface area (Å²) in [6, 6.07) is 0. The molecule has 14 heavy (non-hydrogen) atoms. The summed E-state index contributed by atoms with van der Waals surface area (Å²) in [7, 11) is 3.31. The number of hydrogen-bond donors (Lipinski definition) is 0. The van der Waals surface area contributed by atoms with E-state index >= 15 is 0 Å². The minimum Gasteiger partial charge on any atom is -0.450 e. The maximum atomic E-state index is 11.3. The third-order valence-electron chi connectivity index (χ3n) is 1.73. The van der Waals surface area contributed by atoms with Crippen molar-refractivity contribution in [3.63, 3.8) is 0 Å². The molecule has 5 heteroatoms. The summed E-state index contributed by atoms with van der Waals surface area (Å²) in [6.07, 6.45) is -0.440. The van der Waals surface area contributed by atoms with Crippen molar-refractivity contribution in [2.45, 2.75) is 13.8 Å². The van der Waals surface area contributed by atoms with E-state index in [1.807, 2.05) is 0 Å². The molecular formula is C9H18N2O3. The smallest absolute Gasteiger partial charge is 0.410 e. The van der Waals surface area contributed by atoms with Gasteiger partial charge in [-0.1, -0.05) is 0 Å². The van der Waals surface area contributed by atoms with Crippen molar-refractivity contribution in [1.29, 1.82) is 0 Å². The van der Waals surface area contributed by atoms with Crippen LogP contribution in [0.1, 0.15) is 13.8 Å². The Morgan fingerprint density at radius 2 is 1.79 bits per heavy atom. The number of hydrogen-bond acceptors (Lipinski definition) is 3. The number of carbonyl (C=O) groups excluding carboxylic acids is 2. The lowest BCUT2D eigenvalue weighted by Gasteiger charge is -2.21. The molecule has 0 radical (unpaired) electrons. The number of nitrogens with zero attached hydrogens (tertiary/aromatic N) is 2. The second kappa shape index (κ2) is 6.23. The van der Waals surface area contributed by atoms with E-state index in [0.29, 0.717) is 13.2 Å². The average molecular weight is 202 g/mol. The summed E-state index contributed by atoms with van der Waals surface area (Å²) < 4.78 is 4.79. The van der Waals surface area contributed by atoms with Gasteiger partial charge in [0.15, 0.2) is 0 Å². The number of carbonyl (C=O) groups is 2. The first-order valence-corrected chi connectivity index (χ1v) is 4.64. The van der Waals surface area contributed by atoms with Crippen LogP contribution >= 0.6 is 0 Å². The van der Waals surface area contributed by atoms with Crippen LogP contribution in [0.15, 0.2) is 0 Å². The molecule has 0 bridgehead atoms. The topological polar surface area (TPSA) is 49.9 Å². The molecule has 82 valence electrons. The molecule has 0 aromatic rings. The molecule has 0 aromatic heterocycles. The number of rotatable bonds is 4. The molecule has 0 aromatic carbocycles. The van der Waals surface area contributed by atoms with Crippen molar-refractivity contribution >= 4 is 12.0 Å². The third kappa shape index (κ3) is 4.11. The zero-order chi connectivity index (χ0) is 11.1. The van der Waals surface area contributed by atoms with Crippen molar-refractivity contribution in [2.24, 2.45) is 0 Å². The first-order chi connectivity index (χ1) is 6.52. The third-order valence-corrected chi connectivity index (χ3v) is 1.73. The minimum absolute atomic E-state index is 0.0718. The molecular weight excluding hydrogens is 184 g/mol. The van der Waals surface area contributed by atoms with Crippen LogP contribution < -0.4 is 0 Å². The van der Waals surface area contributed by atoms with Gasteiger partial charge in [-0.2, -0.15) is 0 Å². The minimum atomic E-state index is -0.440. The maximum absolute atomic E-state index is 11.3. The fourth-order valence-corrected chi connectivity index (χ4v) is 0.825. The first kappa shape index (κ1) is 12.7. The molecule has 5 nitrogen and oxygen atoms in total. The summed E-state index contributed by atoms with van der Waals surface area (Å²) in [5, 5.41) is 0. The lowest BCUT2D eigenvalue weighted by molar-refractivity contribution is -0.129. The Morgan fingerprint density at radius 3 is 2.14 bits per heavy atom. The summed E-state index contributed by atoms with van der Waals surface area (Å²) in [4.78, 5) is 25.4. The Hall–Kier alpha value is -1.26. The Balaban J connectivity index is 4.15. The van der Waals surface area contributed by atoms with Gasteiger partial charge in [0.05, 0.1) is 6.61 Å². The zero-order valence-corrected chi connectivity index (χ0v) is 9.24. The van der Waals surface area contributed by atoms with Crippen LogP contribution in [-0.2, 0) is 9.53 Å². The van der Waals surface area contributed by atoms with Gasteiger partial charge in [0.25, 0.3) is 0 Å². The number of ether oxygens (including phenoxy) is 1. The summed E-state index contributed by atoms with van der Waals surface area (Å²) in [6.45, 7) is 4.41. The van der Waals surface area contributed by atoms with Crippen LogP contribution in [0.5, 0.6) is 0 Å². The van der Waals surface area contributed by atoms with Crippen LogP contribution in [0.3, 0.4) is 0 Å². The monoisotopic (exact) mass is 202 g/mol. The van der Waals surface area contributed by atoms with E-state index in [4.69, 9.17) is 4.74 Å². The van der Waals surface area contributed by atoms with Gasteiger partial charge in [0.2, 0.25) is 5.91 Å². The van der Waals surface area contributed by atoms with E-state index in [1.165, 1.54) is 9.80 Å². The fraction of sp³-hybridized carbons (Fsp3) is 0.778. The number of amides is 2. The van der Waals surface area contributed by atoms with Gasteiger partial charge in [0.1, 0.15) is 6.54 Å². The van der Waals surface area contributed by atoms with Crippen LogP contribution in [0.25, 0.3) is 0 Å². The summed E-state index contributed by atoms with van der Waals surface area (Å²) in [5.74, 6) is -0.111. The lowest BCUT2D eigenvalue weighted by atomic mass is 10.4. The lowest BCUT2D eigenvalue weighted by Crippen LogP contribution is -2.40. The Bertz CT molecular complexity index is 204. The van der Waals surface area contributed by atoms with Gasteiger partial charge in [0, 0.05) is 20.6 Å². The van der Waals surface area contributed by atoms with Gasteiger partial charge in [-0.25, -0.2) is 4.79 Å². The predicted octanol–water partition coefficient (Wildman–Crippen LogP) is 0.553. The molecule has 0 aliphatic carbocycles. The van der Waals surface area contributed by atoms with E-state index in [9.17, 15) is 9.59 Å². The fourth-order valence-electron chi connectivity index (χ4n) is 0.825. The second-order valence-electron chi connectivity index (χ2n) is 3.00. The van der Waals surface area contributed by atoms with Gasteiger partial charge < -0.3 is 9.64 Å². The highest BCUT2D eigenvalue weighted by atomic mass is 16.6. The Morgan fingerprint density at radius 1 is 1.21 bits per heavy atom. The van der Waals surface area contributed by atoms with E-state index in [2.05, 4.69) is 0 Å². The first-order valence-electron chi connectivity index (χ1n) is 4.64. The SMILES string of the molecule is CCOC(=O)N(CC)CC(=O)N(C)C. The van der Waals surface area contributed by atoms with Gasteiger partial charge in [-0.05, 0) is 13.8 Å². The van der Waals surface area contributed by atoms with Crippen molar-refractivity contribution in [2.75, 3.05) is 33.8 Å². The normalized spacial score (nSPS) is 9.43. The molecule has 2 amide bonds. The molecule has 0 atom stereocenters. The van der Waals surface area contributed by atoms with Crippen molar-refractivity contribution in [1.82, 2.24) is 9.80 Å².